The van der Waals surface area contributed by atoms with E-state index in [-0.39, 0.29) is 6.10 Å². The molecule has 0 aromatic carbocycles. The van der Waals surface area contributed by atoms with Gasteiger partial charge >= 0.3 is 0 Å². The molecule has 0 aliphatic carbocycles. The van der Waals surface area contributed by atoms with Crippen LogP contribution in [0.5, 0.6) is 0 Å². The van der Waals surface area contributed by atoms with Crippen LogP contribution in [0.4, 0.5) is 0 Å². The van der Waals surface area contributed by atoms with Gasteiger partial charge in [-0.3, -0.25) is 9.89 Å². The number of nitrogens with one attached hydrogen (secondary N) is 2. The monoisotopic (exact) mass is 410 g/mol. The Morgan fingerprint density at radius 3 is 2.96 bits per heavy atom. The molecule has 0 radical (unpaired) electrons. The number of nitrogens with zero attached hydrogens (tertiary/aromatic N) is 2. The Morgan fingerprint density at radius 2 is 2.29 bits per heavy atom. The average Bonchev–Trinajstić information content (AvgIpc) is 3.19. The first-order valence-electron chi connectivity index (χ1n) is 10.6. The molecule has 1 aromatic rings. The first-order chi connectivity index (χ1) is 13.6. The standard InChI is InChI=1S/C21H38N4O2S/c1-5-22-21(23-9-7-11-26-16-17(2)3)24-14-19(20-8-6-13-28-20)25-10-12-27-18(4)15-25/h6,8,13,17-19H,5,7,9-12,14-16H2,1-4H3,(H2,22,23,24). The molecule has 0 saturated carbocycles. The highest BCUT2D eigenvalue weighted by molar-refractivity contribution is 7.10. The molecule has 7 heteroatoms. The van der Waals surface area contributed by atoms with Gasteiger partial charge in [-0.1, -0.05) is 19.9 Å². The van der Waals surface area contributed by atoms with E-state index in [9.17, 15) is 0 Å². The number of hydrogen-bond donors (Lipinski definition) is 2. The van der Waals surface area contributed by atoms with Crippen molar-refractivity contribution >= 4 is 17.3 Å². The second-order valence-electron chi connectivity index (χ2n) is 7.68. The summed E-state index contributed by atoms with van der Waals surface area (Å²) in [6.45, 7) is 15.4. The van der Waals surface area contributed by atoms with Crippen LogP contribution < -0.4 is 10.6 Å². The Kier molecular flexibility index (Phi) is 10.9. The Labute approximate surface area is 174 Å². The molecule has 0 spiro atoms. The molecule has 2 unspecified atom stereocenters. The molecule has 28 heavy (non-hydrogen) atoms. The molecule has 1 aliphatic rings. The third kappa shape index (κ3) is 8.47. The zero-order valence-corrected chi connectivity index (χ0v) is 18.8. The van der Waals surface area contributed by atoms with Crippen LogP contribution in [0.1, 0.15) is 45.0 Å². The van der Waals surface area contributed by atoms with Gasteiger partial charge in [0, 0.05) is 44.3 Å². The second-order valence-corrected chi connectivity index (χ2v) is 8.66. The molecule has 2 heterocycles. The number of guanidine groups is 1. The fraction of sp³-hybridized carbons (Fsp3) is 0.762. The van der Waals surface area contributed by atoms with Gasteiger partial charge in [0.25, 0.3) is 0 Å². The molecule has 2 rings (SSSR count). The maximum atomic E-state index is 5.73. The summed E-state index contributed by atoms with van der Waals surface area (Å²) in [5, 5.41) is 8.95. The van der Waals surface area contributed by atoms with Crippen molar-refractivity contribution in [3.63, 3.8) is 0 Å². The molecule has 1 aromatic heterocycles. The van der Waals surface area contributed by atoms with E-state index < -0.39 is 0 Å². The minimum atomic E-state index is 0.275. The molecule has 2 N–H and O–H groups in total. The number of morpholine rings is 1. The van der Waals surface area contributed by atoms with Crippen molar-refractivity contribution in [1.82, 2.24) is 15.5 Å². The van der Waals surface area contributed by atoms with Gasteiger partial charge in [-0.2, -0.15) is 0 Å². The van der Waals surface area contributed by atoms with E-state index in [0.29, 0.717) is 12.0 Å². The second kappa shape index (κ2) is 13.1. The molecule has 160 valence electrons. The van der Waals surface area contributed by atoms with Gasteiger partial charge in [0.05, 0.1) is 25.3 Å². The number of rotatable bonds is 11. The SMILES string of the molecule is CCNC(=NCC(c1cccs1)N1CCOC(C)C1)NCCCOCC(C)C. The topological polar surface area (TPSA) is 58.1 Å². The van der Waals surface area contributed by atoms with E-state index >= 15 is 0 Å². The number of aliphatic imine (C=N–C) groups is 1. The van der Waals surface area contributed by atoms with Crippen molar-refractivity contribution in [3.8, 4) is 0 Å². The predicted molar refractivity (Wildman–Crippen MR) is 118 cm³/mol. The van der Waals surface area contributed by atoms with Gasteiger partial charge in [-0.25, -0.2) is 0 Å². The fourth-order valence-electron chi connectivity index (χ4n) is 3.21. The highest BCUT2D eigenvalue weighted by atomic mass is 32.1. The summed E-state index contributed by atoms with van der Waals surface area (Å²) in [5.74, 6) is 1.47. The first kappa shape index (κ1) is 23.1. The normalized spacial score (nSPS) is 19.8. The van der Waals surface area contributed by atoms with Gasteiger partial charge in [0.15, 0.2) is 5.96 Å². The van der Waals surface area contributed by atoms with Crippen molar-refractivity contribution in [1.29, 1.82) is 0 Å². The third-order valence-corrected chi connectivity index (χ3v) is 5.53. The Balaban J connectivity index is 1.89. The van der Waals surface area contributed by atoms with Crippen LogP contribution in [0, 0.1) is 5.92 Å². The van der Waals surface area contributed by atoms with Gasteiger partial charge in [0.2, 0.25) is 0 Å². The van der Waals surface area contributed by atoms with Gasteiger partial charge in [-0.05, 0) is 37.6 Å². The first-order valence-corrected chi connectivity index (χ1v) is 11.5. The van der Waals surface area contributed by atoms with Crippen molar-refractivity contribution in [2.75, 3.05) is 52.5 Å². The smallest absolute Gasteiger partial charge is 0.191 e. The molecule has 2 atom stereocenters. The summed E-state index contributed by atoms with van der Waals surface area (Å²) < 4.78 is 11.4. The lowest BCUT2D eigenvalue weighted by Gasteiger charge is -2.36. The van der Waals surface area contributed by atoms with Crippen LogP contribution in [-0.2, 0) is 9.47 Å². The summed E-state index contributed by atoms with van der Waals surface area (Å²) >= 11 is 1.81. The maximum Gasteiger partial charge on any atom is 0.191 e. The van der Waals surface area contributed by atoms with Gasteiger partial charge in [0.1, 0.15) is 0 Å². The van der Waals surface area contributed by atoms with Crippen LogP contribution in [-0.4, -0.2) is 69.5 Å². The van der Waals surface area contributed by atoms with Gasteiger partial charge in [-0.15, -0.1) is 11.3 Å². The molecule has 1 aliphatic heterocycles. The molecule has 0 amide bonds. The lowest BCUT2D eigenvalue weighted by Crippen LogP contribution is -2.44. The number of ether oxygens (including phenoxy) is 2. The zero-order chi connectivity index (χ0) is 20.2. The third-order valence-electron chi connectivity index (χ3n) is 4.56. The van der Waals surface area contributed by atoms with Crippen LogP contribution in [0.3, 0.4) is 0 Å². The molecular weight excluding hydrogens is 372 g/mol. The van der Waals surface area contributed by atoms with Crippen LogP contribution >= 0.6 is 11.3 Å². The number of hydrogen-bond acceptors (Lipinski definition) is 5. The molecule has 6 nitrogen and oxygen atoms in total. The van der Waals surface area contributed by atoms with Gasteiger partial charge < -0.3 is 20.1 Å². The summed E-state index contributed by atoms with van der Waals surface area (Å²) in [7, 11) is 0. The predicted octanol–water partition coefficient (Wildman–Crippen LogP) is 3.13. The maximum absolute atomic E-state index is 5.73. The molecule has 1 fully saturated rings. The summed E-state index contributed by atoms with van der Waals surface area (Å²) in [6, 6.07) is 4.65. The van der Waals surface area contributed by atoms with Crippen molar-refractivity contribution in [2.24, 2.45) is 10.9 Å². The Morgan fingerprint density at radius 1 is 1.43 bits per heavy atom. The zero-order valence-electron chi connectivity index (χ0n) is 17.9. The van der Waals surface area contributed by atoms with Crippen molar-refractivity contribution in [2.45, 2.75) is 46.3 Å². The van der Waals surface area contributed by atoms with E-state index in [1.165, 1.54) is 4.88 Å². The van der Waals surface area contributed by atoms with Crippen LogP contribution in [0.15, 0.2) is 22.5 Å². The van der Waals surface area contributed by atoms with E-state index in [2.05, 4.69) is 60.7 Å². The summed E-state index contributed by atoms with van der Waals surface area (Å²) in [4.78, 5) is 8.77. The minimum absolute atomic E-state index is 0.275. The largest absolute Gasteiger partial charge is 0.381 e. The van der Waals surface area contributed by atoms with E-state index in [1.54, 1.807) is 0 Å². The highest BCUT2D eigenvalue weighted by Gasteiger charge is 2.26. The molecular formula is C21H38N4O2S. The minimum Gasteiger partial charge on any atom is -0.381 e. The van der Waals surface area contributed by atoms with Crippen LogP contribution in [0.25, 0.3) is 0 Å². The van der Waals surface area contributed by atoms with E-state index in [4.69, 9.17) is 14.5 Å². The lowest BCUT2D eigenvalue weighted by molar-refractivity contribution is -0.0327. The lowest BCUT2D eigenvalue weighted by atomic mass is 10.1. The quantitative estimate of drug-likeness (QED) is 0.333. The fourth-order valence-corrected chi connectivity index (χ4v) is 4.07. The summed E-state index contributed by atoms with van der Waals surface area (Å²) in [6.07, 6.45) is 1.25. The Bertz CT molecular complexity index is 551. The van der Waals surface area contributed by atoms with E-state index in [0.717, 1.165) is 64.9 Å². The highest BCUT2D eigenvalue weighted by Crippen LogP contribution is 2.27. The van der Waals surface area contributed by atoms with E-state index in [1.807, 2.05) is 11.3 Å². The number of thiophene rings is 1. The molecule has 1 saturated heterocycles. The average molecular weight is 411 g/mol. The Hall–Kier alpha value is -1.15. The molecule has 0 bridgehead atoms. The summed E-state index contributed by atoms with van der Waals surface area (Å²) in [5.41, 5.74) is 0. The van der Waals surface area contributed by atoms with Crippen LogP contribution in [0.2, 0.25) is 0 Å². The van der Waals surface area contributed by atoms with Crippen molar-refractivity contribution in [3.05, 3.63) is 22.4 Å². The van der Waals surface area contributed by atoms with Crippen molar-refractivity contribution < 1.29 is 9.47 Å².